The van der Waals surface area contributed by atoms with Crippen molar-refractivity contribution in [1.29, 1.82) is 0 Å². The summed E-state index contributed by atoms with van der Waals surface area (Å²) in [6.45, 7) is 3.44. The van der Waals surface area contributed by atoms with Crippen molar-refractivity contribution in [1.82, 2.24) is 46.2 Å². The highest BCUT2D eigenvalue weighted by atomic mass is 16.5. The molecule has 5 amide bonds. The van der Waals surface area contributed by atoms with Gasteiger partial charge in [-0.2, -0.15) is 0 Å². The molecule has 0 aliphatic carbocycles. The van der Waals surface area contributed by atoms with Gasteiger partial charge in [0.1, 0.15) is 18.1 Å². The van der Waals surface area contributed by atoms with Gasteiger partial charge in [-0.3, -0.25) is 43.5 Å². The maximum Gasteiger partial charge on any atom is 0.328 e. The van der Waals surface area contributed by atoms with Crippen LogP contribution in [0.25, 0.3) is 0 Å². The van der Waals surface area contributed by atoms with Crippen LogP contribution in [0, 0.1) is 0 Å². The molecule has 0 saturated carbocycles. The summed E-state index contributed by atoms with van der Waals surface area (Å²) in [5.41, 5.74) is 0. The van der Waals surface area contributed by atoms with Crippen LogP contribution in [0.1, 0.15) is 89.9 Å². The zero-order valence-electron chi connectivity index (χ0n) is 38.8. The molecule has 1 saturated heterocycles. The van der Waals surface area contributed by atoms with Crippen molar-refractivity contribution < 1.29 is 78.2 Å². The minimum absolute atomic E-state index is 0.0388. The molecule has 0 spiro atoms. The lowest BCUT2D eigenvalue weighted by Gasteiger charge is -2.32. The molecular formula is C42H73N9O16. The van der Waals surface area contributed by atoms with E-state index in [0.717, 1.165) is 20.0 Å². The van der Waals surface area contributed by atoms with Crippen LogP contribution in [0.15, 0.2) is 0 Å². The third-order valence-electron chi connectivity index (χ3n) is 10.9. The standard InChI is InChI=1S/C42H73N9O16/c1-48-19-21-49(23-24-51(29-38(59)60)26-25-50(22-20-48)28-37(57)58)27-35(54)45-30(39(61)62)11-7-9-17-43-33(52)13-5-3-4-6-14-34(53)44-18-10-8-12-31(40(63)64)46-42(66)47-32(41(65)67-2)15-16-36(55)56/h30-32H,3-29H2,1-2H3,(H,43,52)(H,44,53)(H,45,54)(H,55,56)(H,57,58)(H,59,60)(H,61,62)(H,63,64)(H2,46,47,66)/t30?,31-,32-/m0/s1. The van der Waals surface area contributed by atoms with Crippen LogP contribution in [-0.4, -0.2) is 222 Å². The predicted octanol–water partition coefficient (Wildman–Crippen LogP) is -1.35. The molecule has 1 rings (SSSR count). The number of nitrogens with zero attached hydrogens (tertiary/aromatic N) is 4. The Morgan fingerprint density at radius 2 is 0.881 bits per heavy atom. The lowest BCUT2D eigenvalue weighted by atomic mass is 10.1. The second-order valence-corrected chi connectivity index (χ2v) is 16.5. The second kappa shape index (κ2) is 34.6. The molecule has 0 radical (unpaired) electrons. The number of likely N-dealkylation sites (N-methyl/N-ethyl adjacent to an activating group) is 1. The van der Waals surface area contributed by atoms with Crippen LogP contribution < -0.4 is 26.6 Å². The van der Waals surface area contributed by atoms with Crippen LogP contribution in [0.2, 0.25) is 0 Å². The quantitative estimate of drug-likeness (QED) is 0.0275. The van der Waals surface area contributed by atoms with Gasteiger partial charge in [0.2, 0.25) is 17.7 Å². The summed E-state index contributed by atoms with van der Waals surface area (Å²) in [6.07, 6.45) is 4.44. The van der Waals surface area contributed by atoms with E-state index in [1.807, 2.05) is 16.8 Å². The molecule has 25 heteroatoms. The van der Waals surface area contributed by atoms with Gasteiger partial charge in [-0.05, 0) is 64.8 Å². The largest absolute Gasteiger partial charge is 0.481 e. The Balaban J connectivity index is 2.31. The first-order valence-electron chi connectivity index (χ1n) is 22.7. The highest BCUT2D eigenvalue weighted by Gasteiger charge is 2.26. The summed E-state index contributed by atoms with van der Waals surface area (Å²) in [5, 5.41) is 59.5. The number of methoxy groups -OCH3 is 1. The molecule has 67 heavy (non-hydrogen) atoms. The number of hydrogen-bond acceptors (Lipinski definition) is 15. The van der Waals surface area contributed by atoms with Gasteiger partial charge in [-0.15, -0.1) is 0 Å². The maximum atomic E-state index is 13.0. The van der Waals surface area contributed by atoms with Crippen molar-refractivity contribution >= 4 is 59.6 Å². The summed E-state index contributed by atoms with van der Waals surface area (Å²) in [7, 11) is 2.95. The van der Waals surface area contributed by atoms with E-state index in [9.17, 15) is 68.4 Å². The van der Waals surface area contributed by atoms with Gasteiger partial charge in [0.25, 0.3) is 0 Å². The highest BCUT2D eigenvalue weighted by Crippen LogP contribution is 2.08. The molecule has 0 aromatic heterocycles. The Kier molecular flexibility index (Phi) is 30.7. The molecule has 1 heterocycles. The lowest BCUT2D eigenvalue weighted by Crippen LogP contribution is -2.51. The molecule has 1 aliphatic heterocycles. The highest BCUT2D eigenvalue weighted by molar-refractivity contribution is 5.87. The number of aliphatic carboxylic acids is 5. The second-order valence-electron chi connectivity index (χ2n) is 16.5. The average Bonchev–Trinajstić information content (AvgIpc) is 3.25. The van der Waals surface area contributed by atoms with Gasteiger partial charge in [0, 0.05) is 84.7 Å². The molecule has 0 bridgehead atoms. The molecule has 1 unspecified atom stereocenters. The summed E-state index contributed by atoms with van der Waals surface area (Å²) >= 11 is 0. The van der Waals surface area contributed by atoms with Crippen molar-refractivity contribution in [2.75, 3.05) is 99.2 Å². The smallest absolute Gasteiger partial charge is 0.328 e. The number of urea groups is 1. The molecule has 0 aromatic carbocycles. The summed E-state index contributed by atoms with van der Waals surface area (Å²) in [6, 6.07) is -4.67. The van der Waals surface area contributed by atoms with E-state index in [1.54, 1.807) is 9.80 Å². The van der Waals surface area contributed by atoms with Gasteiger partial charge in [-0.1, -0.05) is 12.8 Å². The topological polar surface area (TPSA) is 354 Å². The molecule has 3 atom stereocenters. The Hall–Kier alpha value is -5.66. The van der Waals surface area contributed by atoms with Gasteiger partial charge < -0.3 is 61.8 Å². The number of hydrogen-bond donors (Lipinski definition) is 10. The summed E-state index contributed by atoms with van der Waals surface area (Å²) < 4.78 is 4.55. The first-order chi connectivity index (χ1) is 31.8. The predicted molar refractivity (Wildman–Crippen MR) is 239 cm³/mol. The zero-order valence-corrected chi connectivity index (χ0v) is 38.8. The Labute approximate surface area is 390 Å². The number of carboxylic acid groups (broad SMARTS) is 5. The molecule has 25 nitrogen and oxygen atoms in total. The molecule has 10 N–H and O–H groups in total. The van der Waals surface area contributed by atoms with Crippen LogP contribution in [-0.2, 0) is 47.9 Å². The maximum absolute atomic E-state index is 13.0. The normalized spacial score (nSPS) is 15.9. The van der Waals surface area contributed by atoms with E-state index in [2.05, 4.69) is 31.3 Å². The monoisotopic (exact) mass is 960 g/mol. The SMILES string of the molecule is COC(=O)[C@H](CCC(=O)O)NC(=O)N[C@@H](CCCCNC(=O)CCCCCCC(=O)NCCCCC(NC(=O)CN1CCN(C)CCN(CC(=O)O)CCN(CC(=O)O)CC1)C(=O)O)C(=O)O. The fraction of sp³-hybridized carbons (Fsp3) is 0.762. The number of carboxylic acids is 5. The Morgan fingerprint density at radius 3 is 1.30 bits per heavy atom. The summed E-state index contributed by atoms with van der Waals surface area (Å²) in [5.74, 6) is -7.37. The average molecular weight is 960 g/mol. The first-order valence-corrected chi connectivity index (χ1v) is 22.7. The molecule has 0 aromatic rings. The van der Waals surface area contributed by atoms with Crippen LogP contribution >= 0.6 is 0 Å². The molecule has 1 fully saturated rings. The lowest BCUT2D eigenvalue weighted by molar-refractivity contribution is -0.144. The molecular weight excluding hydrogens is 887 g/mol. The van der Waals surface area contributed by atoms with E-state index in [0.29, 0.717) is 104 Å². The Morgan fingerprint density at radius 1 is 0.463 bits per heavy atom. The van der Waals surface area contributed by atoms with Crippen molar-refractivity contribution in [2.45, 2.75) is 108 Å². The third-order valence-corrected chi connectivity index (χ3v) is 10.9. The Bertz CT molecular complexity index is 1610. The minimum atomic E-state index is -1.31. The van der Waals surface area contributed by atoms with Gasteiger partial charge >= 0.3 is 41.8 Å². The van der Waals surface area contributed by atoms with Crippen LogP contribution in [0.5, 0.6) is 0 Å². The van der Waals surface area contributed by atoms with E-state index < -0.39 is 72.3 Å². The van der Waals surface area contributed by atoms with E-state index in [-0.39, 0.29) is 63.6 Å². The van der Waals surface area contributed by atoms with Crippen molar-refractivity contribution in [3.8, 4) is 0 Å². The van der Waals surface area contributed by atoms with Crippen molar-refractivity contribution in [3.63, 3.8) is 0 Å². The number of rotatable bonds is 32. The van der Waals surface area contributed by atoms with E-state index in [1.165, 1.54) is 0 Å². The number of carbonyl (C=O) groups is 10. The number of nitrogens with one attached hydrogen (secondary N) is 5. The van der Waals surface area contributed by atoms with Crippen molar-refractivity contribution in [3.05, 3.63) is 0 Å². The van der Waals surface area contributed by atoms with E-state index in [4.69, 9.17) is 5.11 Å². The molecule has 1 aliphatic rings. The first kappa shape index (κ1) is 59.4. The van der Waals surface area contributed by atoms with Gasteiger partial charge in [-0.25, -0.2) is 19.2 Å². The van der Waals surface area contributed by atoms with Gasteiger partial charge in [0.15, 0.2) is 0 Å². The number of unbranched alkanes of at least 4 members (excludes halogenated alkanes) is 5. The van der Waals surface area contributed by atoms with Crippen molar-refractivity contribution in [2.24, 2.45) is 0 Å². The number of esters is 1. The van der Waals surface area contributed by atoms with Gasteiger partial charge in [0.05, 0.1) is 26.7 Å². The zero-order chi connectivity index (χ0) is 50.1. The van der Waals surface area contributed by atoms with Crippen LogP contribution in [0.4, 0.5) is 4.79 Å². The number of ether oxygens (including phenoxy) is 1. The molecule has 382 valence electrons. The van der Waals surface area contributed by atoms with E-state index >= 15 is 0 Å². The third kappa shape index (κ3) is 30.3. The fourth-order valence-electron chi connectivity index (χ4n) is 6.97. The minimum Gasteiger partial charge on any atom is -0.481 e. The van der Waals surface area contributed by atoms with Crippen LogP contribution in [0.3, 0.4) is 0 Å². The number of amides is 5. The fourth-order valence-corrected chi connectivity index (χ4v) is 6.97. The number of carbonyl (C=O) groups excluding carboxylic acids is 5. The summed E-state index contributed by atoms with van der Waals surface area (Å²) in [4.78, 5) is 126.